The maximum atomic E-state index is 12.7. The molecule has 2 aliphatic rings. The maximum absolute atomic E-state index is 12.7. The van der Waals surface area contributed by atoms with E-state index >= 15 is 0 Å². The fourth-order valence-corrected chi connectivity index (χ4v) is 4.51. The van der Waals surface area contributed by atoms with Crippen LogP contribution in [-0.4, -0.2) is 58.3 Å². The van der Waals surface area contributed by atoms with E-state index in [2.05, 4.69) is 48.2 Å². The summed E-state index contributed by atoms with van der Waals surface area (Å²) in [6.07, 6.45) is 3.15. The Bertz CT molecular complexity index is 838. The minimum Gasteiger partial charge on any atom is -0.393 e. The predicted octanol–water partition coefficient (Wildman–Crippen LogP) is 3.77. The summed E-state index contributed by atoms with van der Waals surface area (Å²) in [6.45, 7) is 8.54. The van der Waals surface area contributed by atoms with E-state index in [0.717, 1.165) is 38.2 Å². The number of likely N-dealkylation sites (tertiary alicyclic amines) is 2. The molecular weight excluding hydrogens is 378 g/mol. The van der Waals surface area contributed by atoms with Crippen LogP contribution in [0.5, 0.6) is 0 Å². The number of aliphatic hydroxyl groups excluding tert-OH is 1. The highest BCUT2D eigenvalue weighted by Crippen LogP contribution is 2.28. The summed E-state index contributed by atoms with van der Waals surface area (Å²) in [5.74, 6) is 1.06. The van der Waals surface area contributed by atoms with Gasteiger partial charge >= 0.3 is 0 Å². The molecule has 2 aliphatic heterocycles. The first-order chi connectivity index (χ1) is 14.5. The average Bonchev–Trinajstić information content (AvgIpc) is 3.25. The molecule has 6 heteroatoms. The van der Waals surface area contributed by atoms with Gasteiger partial charge in [0.15, 0.2) is 0 Å². The van der Waals surface area contributed by atoms with Crippen LogP contribution in [0.15, 0.2) is 34.9 Å². The number of hydrogen-bond acceptors (Lipinski definition) is 5. The van der Waals surface area contributed by atoms with Crippen molar-refractivity contribution in [2.45, 2.75) is 64.0 Å². The quantitative estimate of drug-likeness (QED) is 0.811. The van der Waals surface area contributed by atoms with Crippen LogP contribution in [0.25, 0.3) is 0 Å². The molecule has 0 spiro atoms. The van der Waals surface area contributed by atoms with Gasteiger partial charge in [-0.1, -0.05) is 43.3 Å². The van der Waals surface area contributed by atoms with Crippen LogP contribution in [0.1, 0.15) is 78.7 Å². The van der Waals surface area contributed by atoms with Gasteiger partial charge in [0.1, 0.15) is 0 Å². The number of piperidine rings is 2. The SMILES string of the molecule is CC(C)c1ccc(CN2CCC[C@H](c3cc(C(=O)N4CCC(O)CC4)on3)C2)cc1. The van der Waals surface area contributed by atoms with Gasteiger partial charge in [0.05, 0.1) is 11.8 Å². The van der Waals surface area contributed by atoms with Crippen LogP contribution in [-0.2, 0) is 6.54 Å². The highest BCUT2D eigenvalue weighted by molar-refractivity contribution is 5.91. The number of benzene rings is 1. The third kappa shape index (κ3) is 4.93. The molecule has 1 aromatic heterocycles. The number of carbonyl (C=O) groups is 1. The van der Waals surface area contributed by atoms with Crippen LogP contribution < -0.4 is 0 Å². The molecule has 1 amide bonds. The molecule has 3 heterocycles. The van der Waals surface area contributed by atoms with E-state index in [-0.39, 0.29) is 12.0 Å². The van der Waals surface area contributed by atoms with E-state index in [1.54, 1.807) is 4.90 Å². The Kier molecular flexibility index (Phi) is 6.54. The summed E-state index contributed by atoms with van der Waals surface area (Å²) < 4.78 is 5.43. The zero-order chi connectivity index (χ0) is 21.1. The van der Waals surface area contributed by atoms with Gasteiger partial charge in [-0.25, -0.2) is 0 Å². The van der Waals surface area contributed by atoms with Crippen molar-refractivity contribution in [3.05, 3.63) is 52.9 Å². The highest BCUT2D eigenvalue weighted by atomic mass is 16.5. The lowest BCUT2D eigenvalue weighted by atomic mass is 9.94. The minimum atomic E-state index is -0.297. The third-order valence-electron chi connectivity index (χ3n) is 6.47. The van der Waals surface area contributed by atoms with Crippen LogP contribution in [0.4, 0.5) is 0 Å². The highest BCUT2D eigenvalue weighted by Gasteiger charge is 2.28. The molecule has 0 saturated carbocycles. The molecule has 2 saturated heterocycles. The molecule has 6 nitrogen and oxygen atoms in total. The first kappa shape index (κ1) is 21.1. The molecule has 0 radical (unpaired) electrons. The minimum absolute atomic E-state index is 0.112. The summed E-state index contributed by atoms with van der Waals surface area (Å²) in [6, 6.07) is 10.8. The number of amides is 1. The van der Waals surface area contributed by atoms with Crippen molar-refractivity contribution in [2.75, 3.05) is 26.2 Å². The van der Waals surface area contributed by atoms with Crippen molar-refractivity contribution < 1.29 is 14.4 Å². The van der Waals surface area contributed by atoms with Crippen molar-refractivity contribution >= 4 is 5.91 Å². The fraction of sp³-hybridized carbons (Fsp3) is 0.583. The Morgan fingerprint density at radius 1 is 1.17 bits per heavy atom. The Balaban J connectivity index is 1.36. The van der Waals surface area contributed by atoms with E-state index < -0.39 is 0 Å². The number of rotatable bonds is 5. The fourth-order valence-electron chi connectivity index (χ4n) is 4.51. The molecule has 0 aliphatic carbocycles. The largest absolute Gasteiger partial charge is 0.393 e. The van der Waals surface area contributed by atoms with E-state index in [0.29, 0.717) is 43.5 Å². The standard InChI is InChI=1S/C24H33N3O3/c1-17(2)19-7-5-18(6-8-19)15-26-11-3-4-20(16-26)22-14-23(30-25-22)24(29)27-12-9-21(28)10-13-27/h5-8,14,17,20-21,28H,3-4,9-13,15-16H2,1-2H3/t20-/m0/s1. The number of aromatic nitrogens is 1. The summed E-state index contributed by atoms with van der Waals surface area (Å²) in [5, 5.41) is 13.9. The van der Waals surface area contributed by atoms with E-state index in [1.165, 1.54) is 11.1 Å². The number of hydrogen-bond donors (Lipinski definition) is 1. The second kappa shape index (κ2) is 9.31. The summed E-state index contributed by atoms with van der Waals surface area (Å²) >= 11 is 0. The lowest BCUT2D eigenvalue weighted by Crippen LogP contribution is -2.39. The average molecular weight is 412 g/mol. The molecule has 1 N–H and O–H groups in total. The smallest absolute Gasteiger partial charge is 0.292 e. The number of aliphatic hydroxyl groups is 1. The van der Waals surface area contributed by atoms with Gasteiger partial charge < -0.3 is 14.5 Å². The summed E-state index contributed by atoms with van der Waals surface area (Å²) in [7, 11) is 0. The lowest BCUT2D eigenvalue weighted by Gasteiger charge is -2.31. The van der Waals surface area contributed by atoms with Crippen molar-refractivity contribution in [1.82, 2.24) is 15.0 Å². The van der Waals surface area contributed by atoms with Crippen LogP contribution in [0.3, 0.4) is 0 Å². The molecule has 2 fully saturated rings. The number of carbonyl (C=O) groups excluding carboxylic acids is 1. The number of nitrogens with zero attached hydrogens (tertiary/aromatic N) is 3. The van der Waals surface area contributed by atoms with Crippen molar-refractivity contribution in [2.24, 2.45) is 0 Å². The normalized spacial score (nSPS) is 21.3. The zero-order valence-corrected chi connectivity index (χ0v) is 18.1. The van der Waals surface area contributed by atoms with E-state index in [9.17, 15) is 9.90 Å². The first-order valence-corrected chi connectivity index (χ1v) is 11.2. The Morgan fingerprint density at radius 3 is 2.60 bits per heavy atom. The van der Waals surface area contributed by atoms with Crippen LogP contribution in [0, 0.1) is 0 Å². The van der Waals surface area contributed by atoms with Crippen molar-refractivity contribution in [3.8, 4) is 0 Å². The third-order valence-corrected chi connectivity index (χ3v) is 6.47. The molecule has 0 unspecified atom stereocenters. The van der Waals surface area contributed by atoms with Crippen LogP contribution in [0.2, 0.25) is 0 Å². The van der Waals surface area contributed by atoms with Gasteiger partial charge in [-0.15, -0.1) is 0 Å². The second-order valence-corrected chi connectivity index (χ2v) is 9.11. The topological polar surface area (TPSA) is 69.8 Å². The van der Waals surface area contributed by atoms with Gasteiger partial charge in [0.2, 0.25) is 5.76 Å². The van der Waals surface area contributed by atoms with Gasteiger partial charge in [-0.3, -0.25) is 9.69 Å². The summed E-state index contributed by atoms with van der Waals surface area (Å²) in [4.78, 5) is 16.9. The maximum Gasteiger partial charge on any atom is 0.292 e. The lowest BCUT2D eigenvalue weighted by molar-refractivity contribution is 0.0512. The summed E-state index contributed by atoms with van der Waals surface area (Å²) in [5.41, 5.74) is 3.59. The van der Waals surface area contributed by atoms with Gasteiger partial charge in [-0.05, 0) is 49.3 Å². The monoisotopic (exact) mass is 411 g/mol. The molecular formula is C24H33N3O3. The predicted molar refractivity (Wildman–Crippen MR) is 115 cm³/mol. The van der Waals surface area contributed by atoms with E-state index in [1.807, 2.05) is 6.07 Å². The van der Waals surface area contributed by atoms with Crippen molar-refractivity contribution in [3.63, 3.8) is 0 Å². The molecule has 1 atom stereocenters. The molecule has 162 valence electrons. The molecule has 2 aromatic rings. The molecule has 4 rings (SSSR count). The van der Waals surface area contributed by atoms with Gasteiger partial charge in [0.25, 0.3) is 5.91 Å². The Morgan fingerprint density at radius 2 is 1.90 bits per heavy atom. The molecule has 0 bridgehead atoms. The molecule has 1 aromatic carbocycles. The Hall–Kier alpha value is -2.18. The van der Waals surface area contributed by atoms with Gasteiger partial charge in [-0.2, -0.15) is 0 Å². The van der Waals surface area contributed by atoms with E-state index in [4.69, 9.17) is 4.52 Å². The van der Waals surface area contributed by atoms with Crippen molar-refractivity contribution in [1.29, 1.82) is 0 Å². The van der Waals surface area contributed by atoms with Gasteiger partial charge in [0, 0.05) is 38.2 Å². The zero-order valence-electron chi connectivity index (χ0n) is 18.1. The molecule has 30 heavy (non-hydrogen) atoms. The Labute approximate surface area is 178 Å². The van der Waals surface area contributed by atoms with Crippen LogP contribution >= 0.6 is 0 Å². The second-order valence-electron chi connectivity index (χ2n) is 9.11. The first-order valence-electron chi connectivity index (χ1n) is 11.2.